The fourth-order valence-corrected chi connectivity index (χ4v) is 10.7. The molecule has 1 N–H and O–H groups in total. The van der Waals surface area contributed by atoms with Crippen LogP contribution in [0.25, 0.3) is 0 Å². The van der Waals surface area contributed by atoms with Gasteiger partial charge in [0.05, 0.1) is 30.5 Å². The van der Waals surface area contributed by atoms with Gasteiger partial charge in [-0.3, -0.25) is 19.2 Å². The first-order valence-electron chi connectivity index (χ1n) is 16.5. The summed E-state index contributed by atoms with van der Waals surface area (Å²) in [6, 6.07) is 0. The Hall–Kier alpha value is -2.66. The number of hydrogen-bond acceptors (Lipinski definition) is 11. The Balaban J connectivity index is 0.00000196. The van der Waals surface area contributed by atoms with Crippen LogP contribution in [-0.2, 0) is 47.6 Å². The van der Waals surface area contributed by atoms with Crippen LogP contribution in [0.15, 0.2) is 11.8 Å². The van der Waals surface area contributed by atoms with Crippen LogP contribution in [0, 0.1) is 39.9 Å². The van der Waals surface area contributed by atoms with Gasteiger partial charge in [-0.25, -0.2) is 0 Å². The molecule has 13 atom stereocenters. The zero-order chi connectivity index (χ0) is 33.3. The van der Waals surface area contributed by atoms with E-state index in [0.717, 1.165) is 5.57 Å². The summed E-state index contributed by atoms with van der Waals surface area (Å²) in [5.74, 6) is -3.07. The monoisotopic (exact) mass is 634 g/mol. The maximum atomic E-state index is 14.1. The highest BCUT2D eigenvalue weighted by atomic mass is 16.6. The van der Waals surface area contributed by atoms with E-state index in [9.17, 15) is 24.3 Å². The lowest BCUT2D eigenvalue weighted by Crippen LogP contribution is -2.81. The topological polar surface area (TPSA) is 147 Å². The van der Waals surface area contributed by atoms with Crippen molar-refractivity contribution in [3.63, 3.8) is 0 Å². The Bertz CT molecular complexity index is 1260. The SMILES string of the molecule is CC.COC(=O)[C@]12[C@@H]3O[C@@H]3C(C)C[C@@]1(O)C1CCC3C4=COC[C@]4(C(C)OC(C)=O)CCC3[C@@]1(C)[C@H](OC(C)=O)[C@@H]2OC(C)=O. The summed E-state index contributed by atoms with van der Waals surface area (Å²) in [4.78, 5) is 51.6. The summed E-state index contributed by atoms with van der Waals surface area (Å²) >= 11 is 0. The molecular weight excluding hydrogens is 584 g/mol. The van der Waals surface area contributed by atoms with Gasteiger partial charge in [0.2, 0.25) is 0 Å². The third kappa shape index (κ3) is 4.49. The molecule has 0 aromatic carbocycles. The van der Waals surface area contributed by atoms with E-state index >= 15 is 0 Å². The molecule has 2 heterocycles. The summed E-state index contributed by atoms with van der Waals surface area (Å²) in [7, 11) is 1.25. The van der Waals surface area contributed by atoms with Crippen LogP contribution < -0.4 is 0 Å². The minimum absolute atomic E-state index is 0.0355. The van der Waals surface area contributed by atoms with E-state index in [1.54, 1.807) is 6.26 Å². The number of esters is 4. The van der Waals surface area contributed by atoms with Crippen molar-refractivity contribution < 1.29 is 52.7 Å². The van der Waals surface area contributed by atoms with Crippen LogP contribution in [0.1, 0.15) is 87.5 Å². The molecule has 0 radical (unpaired) electrons. The molecule has 252 valence electrons. The Morgan fingerprint density at radius 1 is 1.00 bits per heavy atom. The Morgan fingerprint density at radius 2 is 1.64 bits per heavy atom. The molecule has 11 nitrogen and oxygen atoms in total. The number of ether oxygens (including phenoxy) is 6. The van der Waals surface area contributed by atoms with Crippen molar-refractivity contribution in [1.29, 1.82) is 0 Å². The lowest BCUT2D eigenvalue weighted by molar-refractivity contribution is -0.319. The van der Waals surface area contributed by atoms with Crippen molar-refractivity contribution >= 4 is 23.9 Å². The third-order valence-electron chi connectivity index (χ3n) is 12.3. The fourth-order valence-electron chi connectivity index (χ4n) is 10.7. The van der Waals surface area contributed by atoms with E-state index in [0.29, 0.717) is 32.3 Å². The molecule has 4 saturated carbocycles. The average Bonchev–Trinajstić information content (AvgIpc) is 3.65. The molecule has 0 aromatic heterocycles. The predicted molar refractivity (Wildman–Crippen MR) is 159 cm³/mol. The molecule has 11 heteroatoms. The number of fused-ring (bicyclic) bond motifs is 9. The van der Waals surface area contributed by atoms with Gasteiger partial charge in [-0.05, 0) is 68.3 Å². The van der Waals surface area contributed by atoms with Gasteiger partial charge in [0.1, 0.15) is 24.9 Å². The number of epoxide rings is 1. The van der Waals surface area contributed by atoms with Crippen LogP contribution in [0.5, 0.6) is 0 Å². The number of aliphatic hydroxyl groups is 1. The summed E-state index contributed by atoms with van der Waals surface area (Å²) in [6.45, 7) is 14.3. The van der Waals surface area contributed by atoms with Crippen molar-refractivity contribution in [2.24, 2.45) is 39.9 Å². The highest BCUT2D eigenvalue weighted by Gasteiger charge is 2.86. The van der Waals surface area contributed by atoms with Gasteiger partial charge in [-0.15, -0.1) is 0 Å². The molecule has 5 unspecified atom stereocenters. The van der Waals surface area contributed by atoms with Crippen LogP contribution in [0.3, 0.4) is 0 Å². The van der Waals surface area contributed by atoms with E-state index in [1.807, 2.05) is 34.6 Å². The highest BCUT2D eigenvalue weighted by Crippen LogP contribution is 2.74. The predicted octanol–water partition coefficient (Wildman–Crippen LogP) is 3.88. The second-order valence-electron chi connectivity index (χ2n) is 14.1. The molecule has 45 heavy (non-hydrogen) atoms. The van der Waals surface area contributed by atoms with Crippen LogP contribution in [-0.4, -0.2) is 78.8 Å². The van der Waals surface area contributed by atoms with Crippen LogP contribution >= 0.6 is 0 Å². The molecule has 1 saturated heterocycles. The molecule has 2 aliphatic heterocycles. The average molecular weight is 635 g/mol. The zero-order valence-corrected chi connectivity index (χ0v) is 28.0. The fraction of sp³-hybridized carbons (Fsp3) is 0.824. The largest absolute Gasteiger partial charge is 0.500 e. The van der Waals surface area contributed by atoms with E-state index in [-0.39, 0.29) is 36.2 Å². The summed E-state index contributed by atoms with van der Waals surface area (Å²) < 4.78 is 35.3. The summed E-state index contributed by atoms with van der Waals surface area (Å²) in [5.41, 5.74) is -3.80. The van der Waals surface area contributed by atoms with E-state index in [4.69, 9.17) is 28.4 Å². The lowest BCUT2D eigenvalue weighted by Gasteiger charge is -2.69. The summed E-state index contributed by atoms with van der Waals surface area (Å²) in [6.07, 6.45) is 0.647. The van der Waals surface area contributed by atoms with Gasteiger partial charge in [0.15, 0.2) is 11.5 Å². The standard InChI is InChI=1S/C32H44O11.C2H6/c1-15-12-31(37)23-9-8-20-21(10-11-30(14-39-13-22(20)30)16(2)40-17(3)33)29(23,6)26(41-18(4)34)27(42-19(5)35)32(31,28(36)38-7)25-24(15)43-25;1-2/h13,15-16,20-21,23-27,37H,8-12,14H2,1-7H3;1-2H3/t15?,16?,20?,21?,23?,24-,25-,26-,27+,29-,30+,31-,32-;/m1./s1. The molecular formula is C34H50O11. The Kier molecular flexibility index (Phi) is 8.64. The minimum Gasteiger partial charge on any atom is -0.500 e. The summed E-state index contributed by atoms with van der Waals surface area (Å²) in [5, 5.41) is 13.1. The number of carbonyl (C=O) groups is 4. The quantitative estimate of drug-likeness (QED) is 0.267. The van der Waals surface area contributed by atoms with Gasteiger partial charge >= 0.3 is 23.9 Å². The van der Waals surface area contributed by atoms with Gasteiger partial charge in [0.25, 0.3) is 0 Å². The number of hydrogen-bond donors (Lipinski definition) is 1. The molecule has 0 bridgehead atoms. The smallest absolute Gasteiger partial charge is 0.321 e. The molecule has 0 aromatic rings. The number of carbonyl (C=O) groups excluding carboxylic acids is 4. The minimum atomic E-state index is -1.78. The number of rotatable bonds is 5. The number of methoxy groups -OCH3 is 1. The van der Waals surface area contributed by atoms with Crippen LogP contribution in [0.2, 0.25) is 0 Å². The van der Waals surface area contributed by atoms with Crippen molar-refractivity contribution in [3.05, 3.63) is 11.8 Å². The maximum Gasteiger partial charge on any atom is 0.321 e. The highest BCUT2D eigenvalue weighted by molar-refractivity contribution is 5.83. The van der Waals surface area contributed by atoms with Crippen molar-refractivity contribution in [3.8, 4) is 0 Å². The van der Waals surface area contributed by atoms with Crippen molar-refractivity contribution in [2.45, 2.75) is 124 Å². The zero-order valence-electron chi connectivity index (χ0n) is 28.0. The normalized spacial score (nSPS) is 45.9. The molecule has 0 spiro atoms. The molecule has 6 rings (SSSR count). The van der Waals surface area contributed by atoms with Gasteiger partial charge < -0.3 is 33.5 Å². The molecule has 5 fully saturated rings. The Labute approximate surface area is 265 Å². The van der Waals surface area contributed by atoms with E-state index in [1.165, 1.54) is 27.9 Å². The molecule has 4 aliphatic carbocycles. The van der Waals surface area contributed by atoms with E-state index < -0.39 is 70.1 Å². The third-order valence-corrected chi connectivity index (χ3v) is 12.3. The second kappa shape index (κ2) is 11.5. The first kappa shape index (κ1) is 33.7. The molecule has 6 aliphatic rings. The van der Waals surface area contributed by atoms with Gasteiger partial charge in [0, 0.05) is 26.2 Å². The first-order valence-corrected chi connectivity index (χ1v) is 16.5. The lowest BCUT2D eigenvalue weighted by atomic mass is 9.36. The second-order valence-corrected chi connectivity index (χ2v) is 14.1. The molecule has 0 amide bonds. The van der Waals surface area contributed by atoms with Crippen LogP contribution in [0.4, 0.5) is 0 Å². The van der Waals surface area contributed by atoms with Crippen molar-refractivity contribution in [2.75, 3.05) is 13.7 Å². The van der Waals surface area contributed by atoms with E-state index in [2.05, 4.69) is 0 Å². The van der Waals surface area contributed by atoms with Gasteiger partial charge in [-0.1, -0.05) is 27.7 Å². The van der Waals surface area contributed by atoms with Gasteiger partial charge in [-0.2, -0.15) is 0 Å². The van der Waals surface area contributed by atoms with Crippen molar-refractivity contribution in [1.82, 2.24) is 0 Å². The first-order chi connectivity index (χ1) is 21.2. The maximum absolute atomic E-state index is 14.1. The Morgan fingerprint density at radius 3 is 2.24 bits per heavy atom.